The fraction of sp³-hybridized carbons (Fsp3) is 0.426. The lowest BCUT2D eigenvalue weighted by atomic mass is 10.1. The smallest absolute Gasteiger partial charge is 0.255 e. The lowest BCUT2D eigenvalue weighted by Gasteiger charge is -2.13. The summed E-state index contributed by atoms with van der Waals surface area (Å²) in [5.41, 5.74) is 5.15. The molecule has 0 radical (unpaired) electrons. The number of hydrogen-bond donors (Lipinski definition) is 0. The van der Waals surface area contributed by atoms with Crippen LogP contribution >= 0.6 is 0 Å². The van der Waals surface area contributed by atoms with Crippen LogP contribution in [0.2, 0.25) is 0 Å². The average molecular weight is 909 g/mol. The zero-order valence-corrected chi connectivity index (χ0v) is 38.9. The van der Waals surface area contributed by atoms with Crippen molar-refractivity contribution < 1.29 is 44.2 Å². The van der Waals surface area contributed by atoms with Crippen molar-refractivity contribution in [2.24, 2.45) is 8.13 Å². The van der Waals surface area contributed by atoms with Gasteiger partial charge in [0.2, 0.25) is 10.0 Å². The highest BCUT2D eigenvalue weighted by molar-refractivity contribution is 7.95. The van der Waals surface area contributed by atoms with Crippen LogP contribution in [0.3, 0.4) is 0 Å². The van der Waals surface area contributed by atoms with E-state index in [-0.39, 0.29) is 18.1 Å². The molecular weight excluding hydrogens is 849 g/mol. The third kappa shape index (κ3) is 22.0. The summed E-state index contributed by atoms with van der Waals surface area (Å²) in [6.07, 6.45) is 9.64. The molecule has 0 N–H and O–H groups in total. The molecule has 0 saturated carbocycles. The maximum atomic E-state index is 12.0. The van der Waals surface area contributed by atoms with Crippen LogP contribution in [-0.4, -0.2) is 59.2 Å². The minimum Gasteiger partial charge on any atom is -0.546 e. The Labute approximate surface area is 373 Å². The van der Waals surface area contributed by atoms with Crippen molar-refractivity contribution >= 4 is 37.7 Å². The molecule has 0 fully saturated rings. The number of carbonyl (C=O) groups excluding carboxylic acids is 1. The van der Waals surface area contributed by atoms with Crippen LogP contribution in [-0.2, 0) is 53.9 Å². The first-order valence-electron chi connectivity index (χ1n) is 21.0. The molecule has 4 aromatic rings. The molecule has 15 heteroatoms. The van der Waals surface area contributed by atoms with Gasteiger partial charge in [-0.15, -0.1) is 0 Å². The Morgan fingerprint density at radius 2 is 1.21 bits per heavy atom. The van der Waals surface area contributed by atoms with E-state index >= 15 is 0 Å². The van der Waals surface area contributed by atoms with Gasteiger partial charge in [0.05, 0.1) is 25.1 Å². The molecule has 1 atom stereocenters. The van der Waals surface area contributed by atoms with E-state index in [1.807, 2.05) is 74.5 Å². The first-order valence-corrected chi connectivity index (χ1v) is 24.7. The van der Waals surface area contributed by atoms with Gasteiger partial charge in [-0.2, -0.15) is 0 Å². The zero-order valence-electron chi connectivity index (χ0n) is 36.4. The van der Waals surface area contributed by atoms with E-state index in [4.69, 9.17) is 22.6 Å². The van der Waals surface area contributed by atoms with Crippen LogP contribution in [0.25, 0.3) is 11.1 Å². The topological polar surface area (TPSA) is 156 Å². The summed E-state index contributed by atoms with van der Waals surface area (Å²) < 4.78 is 80.6. The standard InChI is InChI=1S/C27H40NO6S2.C20H20NO4S/c1-4-6-7-8-9-10-11-12-21-33-26-17-13-24(14-18-26)25-15-19-27(20-16-25)34-35(29)28-36(30,31)22-23(3)32-5-2;1-3-24-14-15-25-26(23)21-20(22)19-12-10-18(11-13-19)9-8-17-6-4-16(2)5-7-17/h13-20,23H,4-12,21-22H2,1-3H3;4-7,10-13H,3,14-15H2,1-2H3/q2*-1. The van der Waals surface area contributed by atoms with Gasteiger partial charge in [0.25, 0.3) is 5.91 Å². The Kier molecular flexibility index (Phi) is 24.8. The van der Waals surface area contributed by atoms with Crippen molar-refractivity contribution in [2.75, 3.05) is 38.8 Å². The number of carbonyl (C=O) groups is 1. The van der Waals surface area contributed by atoms with Crippen LogP contribution < -0.4 is 8.92 Å². The minimum atomic E-state index is -3.93. The molecule has 4 aromatic carbocycles. The molecule has 0 bridgehead atoms. The van der Waals surface area contributed by atoms with Gasteiger partial charge in [0.15, 0.2) is 0 Å². The molecule has 0 aliphatic carbocycles. The summed E-state index contributed by atoms with van der Waals surface area (Å²) >= 11 is 0. The molecule has 0 heterocycles. The van der Waals surface area contributed by atoms with Gasteiger partial charge in [-0.1, -0.05) is 117 Å². The number of nitrogens with zero attached hydrogens (tertiary/aromatic N) is 2. The van der Waals surface area contributed by atoms with E-state index in [1.54, 1.807) is 50.2 Å². The van der Waals surface area contributed by atoms with E-state index in [9.17, 15) is 21.6 Å². The highest BCUT2D eigenvalue weighted by atomic mass is 32.3. The molecule has 0 aromatic heterocycles. The Hall–Kier alpha value is -4.56. The first kappa shape index (κ1) is 51.8. The molecule has 1 amide bonds. The van der Waals surface area contributed by atoms with Crippen molar-refractivity contribution in [1.82, 2.24) is 0 Å². The van der Waals surface area contributed by atoms with E-state index < -0.39 is 43.8 Å². The van der Waals surface area contributed by atoms with Crippen molar-refractivity contribution in [1.29, 1.82) is 0 Å². The molecular formula is C47H60N2O10S3-2. The van der Waals surface area contributed by atoms with Crippen molar-refractivity contribution in [3.8, 4) is 34.5 Å². The summed E-state index contributed by atoms with van der Waals surface area (Å²) in [5, 5.41) is 0. The van der Waals surface area contributed by atoms with Crippen LogP contribution in [0, 0.1) is 18.8 Å². The quantitative estimate of drug-likeness (QED) is 0.0377. The highest BCUT2D eigenvalue weighted by Gasteiger charge is 2.12. The summed E-state index contributed by atoms with van der Waals surface area (Å²) in [6, 6.07) is 29.3. The number of benzene rings is 4. The maximum absolute atomic E-state index is 12.0. The van der Waals surface area contributed by atoms with Gasteiger partial charge in [0.1, 0.15) is 11.5 Å². The number of amides is 1. The summed E-state index contributed by atoms with van der Waals surface area (Å²) in [6.45, 7) is 11.6. The second-order valence-corrected chi connectivity index (χ2v) is 17.6. The fourth-order valence-electron chi connectivity index (χ4n) is 5.66. The van der Waals surface area contributed by atoms with Gasteiger partial charge >= 0.3 is 0 Å². The van der Waals surface area contributed by atoms with Crippen molar-refractivity contribution in [3.63, 3.8) is 0 Å². The molecule has 0 spiro atoms. The summed E-state index contributed by atoms with van der Waals surface area (Å²) in [5.74, 6) is 6.26. The number of rotatable bonds is 24. The molecule has 0 aliphatic rings. The second kappa shape index (κ2) is 29.7. The predicted molar refractivity (Wildman–Crippen MR) is 247 cm³/mol. The van der Waals surface area contributed by atoms with Crippen LogP contribution in [0.15, 0.2) is 105 Å². The van der Waals surface area contributed by atoms with Gasteiger partial charge in [-0.25, -0.2) is 12.2 Å². The molecule has 62 heavy (non-hydrogen) atoms. The first-order chi connectivity index (χ1) is 29.9. The SMILES string of the molecule is CCCCCCCCCCOc1ccc(-c2ccc(O[S-](=O)=NS(=O)(=O)CC(C)OCC)cc2)cc1.CCOCCO[S-](=O)=NC(=O)c1ccc(C#Cc2ccc(C)cc2)cc1. The Morgan fingerprint density at radius 1 is 0.661 bits per heavy atom. The predicted octanol–water partition coefficient (Wildman–Crippen LogP) is 10.7. The van der Waals surface area contributed by atoms with Gasteiger partial charge < -0.3 is 35.4 Å². The van der Waals surface area contributed by atoms with Gasteiger partial charge in [-0.05, 0) is 106 Å². The zero-order chi connectivity index (χ0) is 45.0. The fourth-order valence-corrected chi connectivity index (χ4v) is 8.23. The van der Waals surface area contributed by atoms with Gasteiger partial charge in [0, 0.05) is 47.4 Å². The third-order valence-electron chi connectivity index (χ3n) is 8.86. The maximum Gasteiger partial charge on any atom is 0.255 e. The van der Waals surface area contributed by atoms with Crippen molar-refractivity contribution in [2.45, 2.75) is 92.1 Å². The number of unbranched alkanes of at least 4 members (excludes halogenated alkanes) is 7. The number of aryl methyl sites for hydroxylation is 1. The highest BCUT2D eigenvalue weighted by Crippen LogP contribution is 2.25. The van der Waals surface area contributed by atoms with E-state index in [2.05, 4.69) is 26.9 Å². The normalized spacial score (nSPS) is 12.7. The largest absolute Gasteiger partial charge is 0.546 e. The van der Waals surface area contributed by atoms with E-state index in [1.165, 1.54) is 50.5 Å². The Morgan fingerprint density at radius 3 is 1.77 bits per heavy atom. The Bertz CT molecular complexity index is 2260. The van der Waals surface area contributed by atoms with Crippen molar-refractivity contribution in [3.05, 3.63) is 119 Å². The lowest BCUT2D eigenvalue weighted by molar-refractivity contribution is 0.0919. The molecule has 338 valence electrons. The monoisotopic (exact) mass is 908 g/mol. The molecule has 4 rings (SSSR count). The third-order valence-corrected chi connectivity index (χ3v) is 12.2. The average Bonchev–Trinajstić information content (AvgIpc) is 3.25. The number of sulfonamides is 1. The summed E-state index contributed by atoms with van der Waals surface area (Å²) in [7, 11) is -8.31. The Balaban J connectivity index is 0.000000348. The number of hydrogen-bond acceptors (Lipinski definition) is 12. The van der Waals surface area contributed by atoms with Crippen LogP contribution in [0.1, 0.15) is 106 Å². The van der Waals surface area contributed by atoms with Crippen LogP contribution in [0.5, 0.6) is 11.5 Å². The molecule has 0 saturated heterocycles. The molecule has 12 nitrogen and oxygen atoms in total. The molecule has 1 unspecified atom stereocenters. The van der Waals surface area contributed by atoms with Gasteiger partial charge in [-0.3, -0.25) is 4.79 Å². The lowest BCUT2D eigenvalue weighted by Crippen LogP contribution is -2.20. The van der Waals surface area contributed by atoms with Crippen LogP contribution in [0.4, 0.5) is 0 Å². The summed E-state index contributed by atoms with van der Waals surface area (Å²) in [4.78, 5) is 12.0. The molecule has 0 aliphatic heterocycles. The minimum absolute atomic E-state index is 0.116. The number of ether oxygens (including phenoxy) is 3. The van der Waals surface area contributed by atoms with E-state index in [0.29, 0.717) is 25.4 Å². The second-order valence-electron chi connectivity index (χ2n) is 14.1. The van der Waals surface area contributed by atoms with E-state index in [0.717, 1.165) is 41.0 Å².